The Morgan fingerprint density at radius 3 is 2.80 bits per heavy atom. The second kappa shape index (κ2) is 11.1. The van der Waals surface area contributed by atoms with Crippen molar-refractivity contribution in [2.24, 2.45) is 16.6 Å². The molecule has 2 rings (SSSR count). The monoisotopic (exact) mass is 365 g/mol. The molecule has 4 N–H and O–H groups in total. The van der Waals surface area contributed by atoms with Gasteiger partial charge in [0.1, 0.15) is 0 Å². The fourth-order valence-electron chi connectivity index (χ4n) is 3.00. The first-order chi connectivity index (χ1) is 12.2. The normalized spacial score (nSPS) is 16.8. The average molecular weight is 366 g/mol. The van der Waals surface area contributed by atoms with E-state index in [1.807, 2.05) is 0 Å². The SMILES string of the molecule is CCNC(=NCc1ccsc1)NCCCCN1CCC(C(N)=O)CC1. The number of aliphatic imine (C=N–C) groups is 1. The highest BCUT2D eigenvalue weighted by Gasteiger charge is 2.22. The largest absolute Gasteiger partial charge is 0.369 e. The summed E-state index contributed by atoms with van der Waals surface area (Å²) in [5.74, 6) is 0.831. The lowest BCUT2D eigenvalue weighted by Gasteiger charge is -2.30. The average Bonchev–Trinajstić information content (AvgIpc) is 3.13. The van der Waals surface area contributed by atoms with Gasteiger partial charge in [-0.25, -0.2) is 4.99 Å². The summed E-state index contributed by atoms with van der Waals surface area (Å²) in [6.07, 6.45) is 4.08. The molecule has 6 nitrogen and oxygen atoms in total. The molecule has 1 aliphatic heterocycles. The van der Waals surface area contributed by atoms with Gasteiger partial charge in [-0.05, 0) is 74.6 Å². The Labute approximate surface area is 154 Å². The Morgan fingerprint density at radius 1 is 1.36 bits per heavy atom. The summed E-state index contributed by atoms with van der Waals surface area (Å²) in [6.45, 7) is 7.66. The molecule has 2 heterocycles. The molecule has 0 aromatic carbocycles. The molecular weight excluding hydrogens is 334 g/mol. The van der Waals surface area contributed by atoms with Gasteiger partial charge in [0.15, 0.2) is 5.96 Å². The Kier molecular flexibility index (Phi) is 8.76. The predicted octanol–water partition coefficient (Wildman–Crippen LogP) is 1.78. The van der Waals surface area contributed by atoms with Crippen molar-refractivity contribution in [1.29, 1.82) is 0 Å². The van der Waals surface area contributed by atoms with Crippen LogP contribution in [0.25, 0.3) is 0 Å². The highest BCUT2D eigenvalue weighted by atomic mass is 32.1. The number of carbonyl (C=O) groups excluding carboxylic acids is 1. The highest BCUT2D eigenvalue weighted by Crippen LogP contribution is 2.16. The van der Waals surface area contributed by atoms with E-state index in [0.29, 0.717) is 6.54 Å². The zero-order valence-corrected chi connectivity index (χ0v) is 16.0. The Hall–Kier alpha value is -1.60. The van der Waals surface area contributed by atoms with Crippen molar-refractivity contribution in [1.82, 2.24) is 15.5 Å². The van der Waals surface area contributed by atoms with Gasteiger partial charge in [0, 0.05) is 19.0 Å². The number of thiophene rings is 1. The van der Waals surface area contributed by atoms with Gasteiger partial charge in [0.05, 0.1) is 6.54 Å². The lowest BCUT2D eigenvalue weighted by molar-refractivity contribution is -0.123. The number of hydrogen-bond donors (Lipinski definition) is 3. The number of piperidine rings is 1. The number of primary amides is 1. The van der Waals surface area contributed by atoms with Crippen LogP contribution in [0.3, 0.4) is 0 Å². The van der Waals surface area contributed by atoms with Crippen LogP contribution in [0.4, 0.5) is 0 Å². The molecule has 1 saturated heterocycles. The van der Waals surface area contributed by atoms with E-state index in [2.05, 4.69) is 44.3 Å². The summed E-state index contributed by atoms with van der Waals surface area (Å²) in [7, 11) is 0. The number of guanidine groups is 1. The van der Waals surface area contributed by atoms with Crippen molar-refractivity contribution in [3.63, 3.8) is 0 Å². The predicted molar refractivity (Wildman–Crippen MR) is 105 cm³/mol. The minimum atomic E-state index is -0.137. The maximum atomic E-state index is 11.2. The van der Waals surface area contributed by atoms with Crippen LogP contribution in [-0.4, -0.2) is 49.5 Å². The van der Waals surface area contributed by atoms with Gasteiger partial charge >= 0.3 is 0 Å². The maximum Gasteiger partial charge on any atom is 0.220 e. The van der Waals surface area contributed by atoms with E-state index in [-0.39, 0.29) is 11.8 Å². The number of rotatable bonds is 9. The van der Waals surface area contributed by atoms with Crippen molar-refractivity contribution in [2.45, 2.75) is 39.2 Å². The van der Waals surface area contributed by atoms with Crippen LogP contribution in [0.1, 0.15) is 38.2 Å². The first kappa shape index (κ1) is 19.7. The third-order valence-corrected chi connectivity index (χ3v) is 5.26. The van der Waals surface area contributed by atoms with Crippen molar-refractivity contribution >= 4 is 23.2 Å². The van der Waals surface area contributed by atoms with E-state index >= 15 is 0 Å². The zero-order valence-electron chi connectivity index (χ0n) is 15.2. The fourth-order valence-corrected chi connectivity index (χ4v) is 3.66. The van der Waals surface area contributed by atoms with Crippen LogP contribution in [0.5, 0.6) is 0 Å². The van der Waals surface area contributed by atoms with E-state index in [1.165, 1.54) is 5.56 Å². The van der Waals surface area contributed by atoms with Gasteiger partial charge in [0.25, 0.3) is 0 Å². The first-order valence-corrected chi connectivity index (χ1v) is 10.2. The molecule has 0 atom stereocenters. The van der Waals surface area contributed by atoms with Crippen LogP contribution in [0.15, 0.2) is 21.8 Å². The molecule has 0 spiro atoms. The van der Waals surface area contributed by atoms with Gasteiger partial charge in [-0.3, -0.25) is 4.79 Å². The summed E-state index contributed by atoms with van der Waals surface area (Å²) in [6, 6.07) is 2.11. The molecule has 0 aliphatic carbocycles. The molecule has 0 unspecified atom stereocenters. The van der Waals surface area contributed by atoms with Gasteiger partial charge in [-0.1, -0.05) is 0 Å². The molecule has 140 valence electrons. The second-order valence-electron chi connectivity index (χ2n) is 6.48. The minimum Gasteiger partial charge on any atom is -0.369 e. The number of hydrogen-bond acceptors (Lipinski definition) is 4. The number of nitrogens with zero attached hydrogens (tertiary/aromatic N) is 2. The Morgan fingerprint density at radius 2 is 2.16 bits per heavy atom. The molecule has 0 bridgehead atoms. The molecule has 1 amide bonds. The lowest BCUT2D eigenvalue weighted by Crippen LogP contribution is -2.39. The summed E-state index contributed by atoms with van der Waals surface area (Å²) < 4.78 is 0. The second-order valence-corrected chi connectivity index (χ2v) is 7.26. The molecule has 0 saturated carbocycles. The summed E-state index contributed by atoms with van der Waals surface area (Å²) in [5, 5.41) is 10.9. The fraction of sp³-hybridized carbons (Fsp3) is 0.667. The van der Waals surface area contributed by atoms with Crippen LogP contribution in [-0.2, 0) is 11.3 Å². The van der Waals surface area contributed by atoms with Crippen molar-refractivity contribution in [2.75, 3.05) is 32.7 Å². The summed E-state index contributed by atoms with van der Waals surface area (Å²) >= 11 is 1.70. The molecule has 1 fully saturated rings. The smallest absolute Gasteiger partial charge is 0.220 e. The van der Waals surface area contributed by atoms with Crippen LogP contribution in [0.2, 0.25) is 0 Å². The number of likely N-dealkylation sites (tertiary alicyclic amines) is 1. The Balaban J connectivity index is 1.59. The zero-order chi connectivity index (χ0) is 17.9. The third kappa shape index (κ3) is 7.44. The highest BCUT2D eigenvalue weighted by molar-refractivity contribution is 7.07. The number of nitrogens with two attached hydrogens (primary N) is 1. The number of unbranched alkanes of at least 4 members (excludes halogenated alkanes) is 1. The molecular formula is C18H31N5OS. The van der Waals surface area contributed by atoms with Gasteiger partial charge < -0.3 is 21.3 Å². The van der Waals surface area contributed by atoms with Gasteiger partial charge in [-0.15, -0.1) is 0 Å². The van der Waals surface area contributed by atoms with Gasteiger partial charge in [-0.2, -0.15) is 11.3 Å². The number of carbonyl (C=O) groups is 1. The van der Waals surface area contributed by atoms with Crippen molar-refractivity contribution in [3.05, 3.63) is 22.4 Å². The number of nitrogens with one attached hydrogen (secondary N) is 2. The maximum absolute atomic E-state index is 11.2. The first-order valence-electron chi connectivity index (χ1n) is 9.24. The molecule has 1 aromatic heterocycles. The Bertz CT molecular complexity index is 524. The standard InChI is InChI=1S/C18H31N5OS/c1-2-20-18(22-13-15-7-12-25-14-15)21-8-3-4-9-23-10-5-16(6-11-23)17(19)24/h7,12,14,16H,2-6,8-11,13H2,1H3,(H2,19,24)(H2,20,21,22). The minimum absolute atomic E-state index is 0.0834. The number of amides is 1. The molecule has 1 aromatic rings. The van der Waals surface area contributed by atoms with Crippen LogP contribution >= 0.6 is 11.3 Å². The van der Waals surface area contributed by atoms with Gasteiger partial charge in [0.2, 0.25) is 5.91 Å². The van der Waals surface area contributed by atoms with E-state index in [9.17, 15) is 4.79 Å². The van der Waals surface area contributed by atoms with E-state index in [1.54, 1.807) is 11.3 Å². The molecule has 7 heteroatoms. The van der Waals surface area contributed by atoms with E-state index < -0.39 is 0 Å². The molecule has 25 heavy (non-hydrogen) atoms. The molecule has 0 radical (unpaired) electrons. The van der Waals surface area contributed by atoms with Crippen molar-refractivity contribution < 1.29 is 4.79 Å². The lowest BCUT2D eigenvalue weighted by atomic mass is 9.96. The summed E-state index contributed by atoms with van der Waals surface area (Å²) in [4.78, 5) is 18.2. The summed E-state index contributed by atoms with van der Waals surface area (Å²) in [5.41, 5.74) is 6.63. The van der Waals surface area contributed by atoms with E-state index in [4.69, 9.17) is 5.73 Å². The van der Waals surface area contributed by atoms with Crippen molar-refractivity contribution in [3.8, 4) is 0 Å². The molecule has 1 aliphatic rings. The van der Waals surface area contributed by atoms with Crippen LogP contribution in [0, 0.1) is 5.92 Å². The third-order valence-electron chi connectivity index (χ3n) is 4.53. The quantitative estimate of drug-likeness (QED) is 0.354. The van der Waals surface area contributed by atoms with Crippen LogP contribution < -0.4 is 16.4 Å². The topological polar surface area (TPSA) is 82.8 Å². The van der Waals surface area contributed by atoms with E-state index in [0.717, 1.165) is 64.4 Å².